The third kappa shape index (κ3) is 7.40. The van der Waals surface area contributed by atoms with Crippen LogP contribution in [-0.2, 0) is 32.5 Å². The molecule has 8 nitrogen and oxygen atoms in total. The van der Waals surface area contributed by atoms with E-state index in [-0.39, 0.29) is 29.6 Å². The Morgan fingerprint density at radius 1 is 1.02 bits per heavy atom. The molecule has 0 spiro atoms. The molecule has 9 heteroatoms. The van der Waals surface area contributed by atoms with E-state index in [1.165, 1.54) is 0 Å². The molecule has 0 bridgehead atoms. The van der Waals surface area contributed by atoms with E-state index in [9.17, 15) is 13.2 Å². The number of fused-ring (bicyclic) bond motifs is 1. The fraction of sp³-hybridized carbons (Fsp3) is 0.364. The van der Waals surface area contributed by atoms with Gasteiger partial charge >= 0.3 is 0 Å². The third-order valence-corrected chi connectivity index (χ3v) is 9.49. The first kappa shape index (κ1) is 29.8. The smallest absolute Gasteiger partial charge is 0.251 e. The van der Waals surface area contributed by atoms with Gasteiger partial charge in [0.25, 0.3) is 5.91 Å². The van der Waals surface area contributed by atoms with Crippen molar-refractivity contribution in [3.8, 4) is 11.5 Å². The van der Waals surface area contributed by atoms with E-state index in [1.807, 2.05) is 55.5 Å². The molecule has 0 aromatic heterocycles. The second-order valence-electron chi connectivity index (χ2n) is 10.7. The molecular weight excluding hydrogens is 552 g/mol. The molecule has 42 heavy (non-hydrogen) atoms. The number of ether oxygens (including phenoxy) is 3. The fourth-order valence-electron chi connectivity index (χ4n) is 5.33. The zero-order valence-electron chi connectivity index (χ0n) is 24.2. The number of benzene rings is 3. The number of hydrogen-bond acceptors (Lipinski definition) is 7. The van der Waals surface area contributed by atoms with Gasteiger partial charge in [-0.15, -0.1) is 0 Å². The molecule has 0 radical (unpaired) electrons. The molecule has 2 aliphatic heterocycles. The van der Waals surface area contributed by atoms with E-state index in [0.717, 1.165) is 49.5 Å². The minimum Gasteiger partial charge on any atom is -0.493 e. The van der Waals surface area contributed by atoms with Crippen LogP contribution in [0.5, 0.6) is 11.5 Å². The SMILES string of the molecule is CCOc1ccccc1COc1ccc2c(c1)C=C(C(=O)Nc1ccc(CN(C)C3CCOCC3)cc1)CCS2(=O)=O. The summed E-state index contributed by atoms with van der Waals surface area (Å²) in [6, 6.07) is 20.8. The highest BCUT2D eigenvalue weighted by Gasteiger charge is 2.25. The number of anilines is 1. The molecule has 0 unspecified atom stereocenters. The summed E-state index contributed by atoms with van der Waals surface area (Å²) in [5, 5.41) is 2.94. The van der Waals surface area contributed by atoms with Crippen molar-refractivity contribution in [2.24, 2.45) is 0 Å². The summed E-state index contributed by atoms with van der Waals surface area (Å²) in [5.74, 6) is 0.797. The number of nitrogens with zero attached hydrogens (tertiary/aromatic N) is 1. The van der Waals surface area contributed by atoms with E-state index in [0.29, 0.717) is 35.2 Å². The highest BCUT2D eigenvalue weighted by atomic mass is 32.2. The molecule has 3 aromatic rings. The highest BCUT2D eigenvalue weighted by molar-refractivity contribution is 7.91. The van der Waals surface area contributed by atoms with Crippen LogP contribution in [0, 0.1) is 0 Å². The minimum absolute atomic E-state index is 0.120. The molecule has 0 saturated carbocycles. The van der Waals surface area contributed by atoms with Crippen molar-refractivity contribution < 1.29 is 27.4 Å². The molecule has 2 heterocycles. The van der Waals surface area contributed by atoms with Crippen LogP contribution in [-0.4, -0.2) is 57.9 Å². The third-order valence-electron chi connectivity index (χ3n) is 7.70. The molecule has 0 atom stereocenters. The maximum absolute atomic E-state index is 13.3. The van der Waals surface area contributed by atoms with Crippen LogP contribution >= 0.6 is 0 Å². The van der Waals surface area contributed by atoms with Gasteiger partial charge in [0.1, 0.15) is 18.1 Å². The molecule has 1 N–H and O–H groups in total. The monoisotopic (exact) mass is 590 g/mol. The zero-order chi connectivity index (χ0) is 29.5. The second kappa shape index (κ2) is 13.5. The lowest BCUT2D eigenvalue weighted by Crippen LogP contribution is -2.36. The average Bonchev–Trinajstić information content (AvgIpc) is 3.13. The van der Waals surface area contributed by atoms with Crippen molar-refractivity contribution in [3.63, 3.8) is 0 Å². The average molecular weight is 591 g/mol. The van der Waals surface area contributed by atoms with Gasteiger partial charge in [0, 0.05) is 42.6 Å². The lowest BCUT2D eigenvalue weighted by Gasteiger charge is -2.31. The fourth-order valence-corrected chi connectivity index (χ4v) is 6.79. The van der Waals surface area contributed by atoms with Crippen LogP contribution in [0.3, 0.4) is 0 Å². The normalized spacial score (nSPS) is 16.7. The number of para-hydroxylation sites is 1. The van der Waals surface area contributed by atoms with Crippen molar-refractivity contribution >= 4 is 27.5 Å². The Kier molecular flexibility index (Phi) is 9.62. The number of nitrogens with one attached hydrogen (secondary N) is 1. The van der Waals surface area contributed by atoms with Gasteiger partial charge in [0.05, 0.1) is 17.3 Å². The Hall–Kier alpha value is -3.66. The number of amides is 1. The number of carbonyl (C=O) groups excluding carboxylic acids is 1. The van der Waals surface area contributed by atoms with Crippen molar-refractivity contribution in [3.05, 3.63) is 89.0 Å². The van der Waals surface area contributed by atoms with Crippen molar-refractivity contribution in [2.45, 2.75) is 50.3 Å². The molecular formula is C33H38N2O6S. The predicted molar refractivity (Wildman–Crippen MR) is 163 cm³/mol. The van der Waals surface area contributed by atoms with Gasteiger partial charge in [0.2, 0.25) is 0 Å². The largest absolute Gasteiger partial charge is 0.493 e. The molecule has 222 valence electrons. The molecule has 0 aliphatic carbocycles. The van der Waals surface area contributed by atoms with Crippen LogP contribution < -0.4 is 14.8 Å². The van der Waals surface area contributed by atoms with Crippen LogP contribution in [0.1, 0.15) is 42.9 Å². The number of sulfone groups is 1. The Balaban J connectivity index is 1.27. The molecule has 2 aliphatic rings. The lowest BCUT2D eigenvalue weighted by molar-refractivity contribution is -0.112. The summed E-state index contributed by atoms with van der Waals surface area (Å²) in [7, 11) is -1.43. The summed E-state index contributed by atoms with van der Waals surface area (Å²) in [5.41, 5.74) is 3.56. The van der Waals surface area contributed by atoms with Crippen LogP contribution in [0.15, 0.2) is 77.2 Å². The summed E-state index contributed by atoms with van der Waals surface area (Å²) < 4.78 is 43.2. The second-order valence-corrected chi connectivity index (χ2v) is 12.8. The lowest BCUT2D eigenvalue weighted by atomic mass is 10.1. The molecule has 3 aromatic carbocycles. The minimum atomic E-state index is -3.56. The quantitative estimate of drug-likeness (QED) is 0.335. The first-order valence-electron chi connectivity index (χ1n) is 14.4. The Morgan fingerprint density at radius 3 is 2.55 bits per heavy atom. The van der Waals surface area contributed by atoms with E-state index < -0.39 is 9.84 Å². The van der Waals surface area contributed by atoms with E-state index >= 15 is 0 Å². The first-order chi connectivity index (χ1) is 20.3. The van der Waals surface area contributed by atoms with Gasteiger partial charge in [-0.1, -0.05) is 30.3 Å². The standard InChI is InChI=1S/C33H38N2O6S/c1-3-40-31-7-5-4-6-26(31)23-41-30-12-13-32-27(21-30)20-25(16-19-42(32,37)38)33(36)34-28-10-8-24(9-11-28)22-35(2)29-14-17-39-18-15-29/h4-13,20-21,29H,3,14-19,22-23H2,1-2H3,(H,34,36). The predicted octanol–water partition coefficient (Wildman–Crippen LogP) is 5.47. The van der Waals surface area contributed by atoms with Gasteiger partial charge in [0.15, 0.2) is 9.84 Å². The topological polar surface area (TPSA) is 94.2 Å². The van der Waals surface area contributed by atoms with E-state index in [1.54, 1.807) is 24.3 Å². The molecule has 1 fully saturated rings. The highest BCUT2D eigenvalue weighted by Crippen LogP contribution is 2.31. The number of carbonyl (C=O) groups is 1. The molecule has 1 amide bonds. The summed E-state index contributed by atoms with van der Waals surface area (Å²) >= 11 is 0. The molecule has 5 rings (SSSR count). The van der Waals surface area contributed by atoms with E-state index in [2.05, 4.69) is 17.3 Å². The van der Waals surface area contributed by atoms with Gasteiger partial charge in [-0.3, -0.25) is 9.69 Å². The zero-order valence-corrected chi connectivity index (χ0v) is 25.0. The number of rotatable bonds is 10. The summed E-state index contributed by atoms with van der Waals surface area (Å²) in [4.78, 5) is 15.8. The van der Waals surface area contributed by atoms with Gasteiger partial charge in [-0.25, -0.2) is 8.42 Å². The van der Waals surface area contributed by atoms with Crippen LogP contribution in [0.4, 0.5) is 5.69 Å². The van der Waals surface area contributed by atoms with Crippen LogP contribution in [0.2, 0.25) is 0 Å². The summed E-state index contributed by atoms with van der Waals surface area (Å²) in [6.07, 6.45) is 3.85. The Bertz CT molecular complexity index is 1530. The van der Waals surface area contributed by atoms with Gasteiger partial charge in [-0.2, -0.15) is 0 Å². The van der Waals surface area contributed by atoms with E-state index in [4.69, 9.17) is 14.2 Å². The summed E-state index contributed by atoms with van der Waals surface area (Å²) in [6.45, 7) is 5.16. The van der Waals surface area contributed by atoms with Crippen molar-refractivity contribution in [1.29, 1.82) is 0 Å². The number of hydrogen-bond donors (Lipinski definition) is 1. The molecule has 1 saturated heterocycles. The maximum atomic E-state index is 13.3. The van der Waals surface area contributed by atoms with Crippen LogP contribution in [0.25, 0.3) is 6.08 Å². The van der Waals surface area contributed by atoms with Crippen molar-refractivity contribution in [2.75, 3.05) is 37.9 Å². The van der Waals surface area contributed by atoms with Gasteiger partial charge < -0.3 is 19.5 Å². The maximum Gasteiger partial charge on any atom is 0.251 e. The first-order valence-corrected chi connectivity index (χ1v) is 16.1. The van der Waals surface area contributed by atoms with Gasteiger partial charge in [-0.05, 0) is 86.8 Å². The van der Waals surface area contributed by atoms with Crippen molar-refractivity contribution in [1.82, 2.24) is 4.90 Å². The Labute approximate surface area is 248 Å². The Morgan fingerprint density at radius 2 is 1.79 bits per heavy atom.